The quantitative estimate of drug-likeness (QED) is 0.819. The molecule has 0 atom stereocenters. The largest absolute Gasteiger partial charge is 0.478 e. The van der Waals surface area contributed by atoms with Gasteiger partial charge in [0.2, 0.25) is 5.91 Å². The first kappa shape index (κ1) is 15.0. The highest BCUT2D eigenvalue weighted by molar-refractivity contribution is 5.95. The highest BCUT2D eigenvalue weighted by Gasteiger charge is 2.15. The van der Waals surface area contributed by atoms with Crippen molar-refractivity contribution in [2.75, 3.05) is 25.0 Å². The molecule has 0 bridgehead atoms. The van der Waals surface area contributed by atoms with Crippen molar-refractivity contribution in [1.82, 2.24) is 5.32 Å². The van der Waals surface area contributed by atoms with Crippen molar-refractivity contribution in [2.24, 2.45) is 0 Å². The van der Waals surface area contributed by atoms with Crippen molar-refractivity contribution in [3.05, 3.63) is 29.3 Å². The molecule has 1 rings (SSSR count). The van der Waals surface area contributed by atoms with Crippen LogP contribution in [0.1, 0.15) is 29.3 Å². The van der Waals surface area contributed by atoms with E-state index in [1.807, 2.05) is 19.9 Å². The van der Waals surface area contributed by atoms with Crippen molar-refractivity contribution in [2.45, 2.75) is 20.3 Å². The fourth-order valence-electron chi connectivity index (χ4n) is 1.77. The highest BCUT2D eigenvalue weighted by atomic mass is 16.4. The average Bonchev–Trinajstić information content (AvgIpc) is 2.35. The van der Waals surface area contributed by atoms with Crippen LogP contribution in [-0.2, 0) is 4.79 Å². The van der Waals surface area contributed by atoms with Crippen LogP contribution in [0.2, 0.25) is 0 Å². The Morgan fingerprint density at radius 1 is 1.37 bits per heavy atom. The first-order chi connectivity index (χ1) is 8.95. The SMILES string of the molecule is CCCNC(=O)CN(C)c1ccc(C)cc1C(=O)O. The Morgan fingerprint density at radius 3 is 2.63 bits per heavy atom. The van der Waals surface area contributed by atoms with Crippen molar-refractivity contribution in [3.63, 3.8) is 0 Å². The number of amides is 1. The minimum atomic E-state index is -0.987. The summed E-state index contributed by atoms with van der Waals surface area (Å²) < 4.78 is 0. The van der Waals surface area contributed by atoms with Gasteiger partial charge in [0.25, 0.3) is 0 Å². The van der Waals surface area contributed by atoms with E-state index < -0.39 is 5.97 Å². The number of aryl methyl sites for hydroxylation is 1. The summed E-state index contributed by atoms with van der Waals surface area (Å²) >= 11 is 0. The zero-order chi connectivity index (χ0) is 14.4. The van der Waals surface area contributed by atoms with Gasteiger partial charge in [0.1, 0.15) is 0 Å². The summed E-state index contributed by atoms with van der Waals surface area (Å²) in [6.45, 7) is 4.59. The number of likely N-dealkylation sites (N-methyl/N-ethyl adjacent to an activating group) is 1. The average molecular weight is 264 g/mol. The van der Waals surface area contributed by atoms with Crippen LogP contribution in [0.3, 0.4) is 0 Å². The number of carbonyl (C=O) groups excluding carboxylic acids is 1. The maximum Gasteiger partial charge on any atom is 0.337 e. The van der Waals surface area contributed by atoms with Crippen molar-refractivity contribution >= 4 is 17.6 Å². The van der Waals surface area contributed by atoms with Gasteiger partial charge >= 0.3 is 5.97 Å². The Hall–Kier alpha value is -2.04. The van der Waals surface area contributed by atoms with Gasteiger partial charge < -0.3 is 15.3 Å². The number of benzene rings is 1. The molecule has 0 aromatic heterocycles. The van der Waals surface area contributed by atoms with Crippen LogP contribution in [0.5, 0.6) is 0 Å². The van der Waals surface area contributed by atoms with E-state index in [1.54, 1.807) is 24.1 Å². The molecule has 0 fully saturated rings. The van der Waals surface area contributed by atoms with Gasteiger partial charge in [-0.1, -0.05) is 18.6 Å². The second-order valence-corrected chi connectivity index (χ2v) is 4.53. The van der Waals surface area contributed by atoms with E-state index in [0.717, 1.165) is 12.0 Å². The van der Waals surface area contributed by atoms with Gasteiger partial charge in [0, 0.05) is 13.6 Å². The van der Waals surface area contributed by atoms with Gasteiger partial charge in [-0.2, -0.15) is 0 Å². The van der Waals surface area contributed by atoms with E-state index in [4.69, 9.17) is 0 Å². The molecule has 104 valence electrons. The number of nitrogens with zero attached hydrogens (tertiary/aromatic N) is 1. The molecule has 0 heterocycles. The Morgan fingerprint density at radius 2 is 2.05 bits per heavy atom. The second-order valence-electron chi connectivity index (χ2n) is 4.53. The Kier molecular flexibility index (Phi) is 5.36. The fourth-order valence-corrected chi connectivity index (χ4v) is 1.77. The topological polar surface area (TPSA) is 69.6 Å². The first-order valence-corrected chi connectivity index (χ1v) is 6.27. The molecule has 0 aliphatic carbocycles. The summed E-state index contributed by atoms with van der Waals surface area (Å²) in [5.74, 6) is -1.10. The number of carboxylic acids is 1. The third kappa shape index (κ3) is 4.28. The van der Waals surface area contributed by atoms with Gasteiger partial charge in [0.05, 0.1) is 17.8 Å². The summed E-state index contributed by atoms with van der Waals surface area (Å²) in [4.78, 5) is 24.5. The zero-order valence-corrected chi connectivity index (χ0v) is 11.6. The lowest BCUT2D eigenvalue weighted by molar-refractivity contribution is -0.119. The first-order valence-electron chi connectivity index (χ1n) is 6.27. The molecule has 2 N–H and O–H groups in total. The van der Waals surface area contributed by atoms with Crippen molar-refractivity contribution < 1.29 is 14.7 Å². The molecule has 0 aliphatic rings. The minimum absolute atomic E-state index is 0.110. The summed E-state index contributed by atoms with van der Waals surface area (Å²) in [5.41, 5.74) is 1.64. The van der Waals surface area contributed by atoms with Crippen LogP contribution in [0.4, 0.5) is 5.69 Å². The standard InChI is InChI=1S/C14H20N2O3/c1-4-7-15-13(17)9-16(3)12-6-5-10(2)8-11(12)14(18)19/h5-6,8H,4,7,9H2,1-3H3,(H,15,17)(H,18,19). The number of hydrogen-bond donors (Lipinski definition) is 2. The Bertz CT molecular complexity index is 472. The molecule has 0 spiro atoms. The summed E-state index contributed by atoms with van der Waals surface area (Å²) in [7, 11) is 1.71. The molecule has 1 amide bonds. The third-order valence-corrected chi connectivity index (χ3v) is 2.75. The number of carboxylic acid groups (broad SMARTS) is 1. The Balaban J connectivity index is 2.84. The summed E-state index contributed by atoms with van der Waals surface area (Å²) in [5, 5.41) is 12.0. The summed E-state index contributed by atoms with van der Waals surface area (Å²) in [6.07, 6.45) is 0.875. The number of rotatable bonds is 6. The lowest BCUT2D eigenvalue weighted by atomic mass is 10.1. The second kappa shape index (κ2) is 6.78. The van der Waals surface area contributed by atoms with E-state index in [0.29, 0.717) is 12.2 Å². The number of carbonyl (C=O) groups is 2. The lowest BCUT2D eigenvalue weighted by Crippen LogP contribution is -2.36. The highest BCUT2D eigenvalue weighted by Crippen LogP contribution is 2.20. The number of nitrogens with one attached hydrogen (secondary N) is 1. The maximum atomic E-state index is 11.6. The molecule has 5 heteroatoms. The van der Waals surface area contributed by atoms with E-state index >= 15 is 0 Å². The van der Waals surface area contributed by atoms with Crippen LogP contribution in [0.25, 0.3) is 0 Å². The molecule has 0 aliphatic heterocycles. The molecular formula is C14H20N2O3. The van der Waals surface area contributed by atoms with Crippen LogP contribution in [0, 0.1) is 6.92 Å². The third-order valence-electron chi connectivity index (χ3n) is 2.75. The minimum Gasteiger partial charge on any atom is -0.478 e. The number of hydrogen-bond acceptors (Lipinski definition) is 3. The van der Waals surface area contributed by atoms with Gasteiger partial charge in [-0.05, 0) is 25.5 Å². The maximum absolute atomic E-state index is 11.6. The monoisotopic (exact) mass is 264 g/mol. The van der Waals surface area contributed by atoms with Gasteiger partial charge in [-0.3, -0.25) is 4.79 Å². The molecule has 0 unspecified atom stereocenters. The van der Waals surface area contributed by atoms with E-state index in [-0.39, 0.29) is 18.0 Å². The van der Waals surface area contributed by atoms with E-state index in [9.17, 15) is 14.7 Å². The molecule has 5 nitrogen and oxygen atoms in total. The number of aromatic carboxylic acids is 1. The van der Waals surface area contributed by atoms with Gasteiger partial charge in [0.15, 0.2) is 0 Å². The summed E-state index contributed by atoms with van der Waals surface area (Å²) in [6, 6.07) is 5.17. The van der Waals surface area contributed by atoms with Crippen LogP contribution < -0.4 is 10.2 Å². The van der Waals surface area contributed by atoms with Crippen LogP contribution >= 0.6 is 0 Å². The van der Waals surface area contributed by atoms with Crippen LogP contribution in [-0.4, -0.2) is 37.1 Å². The Labute approximate surface area is 113 Å². The smallest absolute Gasteiger partial charge is 0.337 e. The number of anilines is 1. The van der Waals surface area contributed by atoms with Crippen LogP contribution in [0.15, 0.2) is 18.2 Å². The zero-order valence-electron chi connectivity index (χ0n) is 11.6. The van der Waals surface area contributed by atoms with Gasteiger partial charge in [-0.15, -0.1) is 0 Å². The molecule has 0 saturated heterocycles. The van der Waals surface area contributed by atoms with Gasteiger partial charge in [-0.25, -0.2) is 4.79 Å². The molecule has 19 heavy (non-hydrogen) atoms. The van der Waals surface area contributed by atoms with Crippen molar-refractivity contribution in [1.29, 1.82) is 0 Å². The van der Waals surface area contributed by atoms with E-state index in [2.05, 4.69) is 5.32 Å². The molecule has 1 aromatic carbocycles. The fraction of sp³-hybridized carbons (Fsp3) is 0.429. The molecular weight excluding hydrogens is 244 g/mol. The van der Waals surface area contributed by atoms with Crippen molar-refractivity contribution in [3.8, 4) is 0 Å². The lowest BCUT2D eigenvalue weighted by Gasteiger charge is -2.21. The molecule has 0 radical (unpaired) electrons. The predicted octanol–water partition coefficient (Wildman–Crippen LogP) is 1.66. The molecule has 0 saturated carbocycles. The van der Waals surface area contributed by atoms with E-state index in [1.165, 1.54) is 0 Å². The molecule has 1 aromatic rings. The normalized spacial score (nSPS) is 10.1. The predicted molar refractivity (Wildman–Crippen MR) is 74.7 cm³/mol.